The van der Waals surface area contributed by atoms with Gasteiger partial charge in [0.15, 0.2) is 0 Å². The number of hydrogen-bond acceptors (Lipinski definition) is 1. The first-order chi connectivity index (χ1) is 10.1. The van der Waals surface area contributed by atoms with Gasteiger partial charge in [0.25, 0.3) is 0 Å². The van der Waals surface area contributed by atoms with Gasteiger partial charge in [0.05, 0.1) is 0 Å². The van der Waals surface area contributed by atoms with E-state index in [1.165, 1.54) is 0 Å². The van der Waals surface area contributed by atoms with E-state index >= 15 is 0 Å². The predicted molar refractivity (Wildman–Crippen MR) is 89.0 cm³/mol. The van der Waals surface area contributed by atoms with Crippen molar-refractivity contribution in [3.8, 4) is 0 Å². The number of benzene rings is 2. The van der Waals surface area contributed by atoms with Crippen LogP contribution in [0.4, 0.5) is 16.2 Å². The molecule has 0 unspecified atom stereocenters. The Hall–Kier alpha value is -2.29. The summed E-state index contributed by atoms with van der Waals surface area (Å²) in [6.45, 7) is 6.20. The highest BCUT2D eigenvalue weighted by Gasteiger charge is 2.10. The maximum atomic E-state index is 12.2. The van der Waals surface area contributed by atoms with E-state index < -0.39 is 0 Å². The van der Waals surface area contributed by atoms with Crippen LogP contribution in [0.1, 0.15) is 30.5 Å². The lowest BCUT2D eigenvalue weighted by Gasteiger charge is -2.15. The van der Waals surface area contributed by atoms with Crippen molar-refractivity contribution in [2.45, 2.75) is 33.6 Å². The number of anilines is 2. The standard InChI is InChI=1S/C18H22N2O/c1-4-14-9-7-10-15(5-2)17(14)20-18(21)19-16-11-6-8-13(3)12-16/h6-12H,4-5H2,1-3H3,(H2,19,20,21). The summed E-state index contributed by atoms with van der Waals surface area (Å²) in [5.41, 5.74) is 5.19. The summed E-state index contributed by atoms with van der Waals surface area (Å²) >= 11 is 0. The zero-order valence-electron chi connectivity index (χ0n) is 12.9. The number of urea groups is 1. The Balaban J connectivity index is 2.16. The Labute approximate surface area is 126 Å². The monoisotopic (exact) mass is 282 g/mol. The van der Waals surface area contributed by atoms with Crippen LogP contribution in [0.25, 0.3) is 0 Å². The fraction of sp³-hybridized carbons (Fsp3) is 0.278. The second-order valence-electron chi connectivity index (χ2n) is 5.11. The summed E-state index contributed by atoms with van der Waals surface area (Å²) in [5.74, 6) is 0. The Kier molecular flexibility index (Phi) is 4.99. The molecule has 0 fully saturated rings. The van der Waals surface area contributed by atoms with Crippen molar-refractivity contribution < 1.29 is 4.79 Å². The number of para-hydroxylation sites is 1. The fourth-order valence-corrected chi connectivity index (χ4v) is 2.40. The zero-order valence-corrected chi connectivity index (χ0v) is 12.9. The lowest BCUT2D eigenvalue weighted by molar-refractivity contribution is 0.262. The molecule has 0 bridgehead atoms. The van der Waals surface area contributed by atoms with Crippen molar-refractivity contribution in [1.82, 2.24) is 0 Å². The minimum atomic E-state index is -0.198. The lowest BCUT2D eigenvalue weighted by Crippen LogP contribution is -2.21. The van der Waals surface area contributed by atoms with Crippen LogP contribution in [0.2, 0.25) is 0 Å². The molecular weight excluding hydrogens is 260 g/mol. The van der Waals surface area contributed by atoms with Gasteiger partial charge in [-0.3, -0.25) is 0 Å². The highest BCUT2D eigenvalue weighted by atomic mass is 16.2. The maximum Gasteiger partial charge on any atom is 0.323 e. The predicted octanol–water partition coefficient (Wildman–Crippen LogP) is 4.76. The molecular formula is C18H22N2O. The van der Waals surface area contributed by atoms with Crippen LogP contribution in [0.15, 0.2) is 42.5 Å². The van der Waals surface area contributed by atoms with Gasteiger partial charge in [-0.15, -0.1) is 0 Å². The number of carbonyl (C=O) groups is 1. The summed E-state index contributed by atoms with van der Waals surface area (Å²) in [4.78, 5) is 12.2. The van der Waals surface area contributed by atoms with E-state index in [0.29, 0.717) is 0 Å². The summed E-state index contributed by atoms with van der Waals surface area (Å²) in [5, 5.41) is 5.88. The van der Waals surface area contributed by atoms with Crippen molar-refractivity contribution in [2.75, 3.05) is 10.6 Å². The smallest absolute Gasteiger partial charge is 0.308 e. The molecule has 2 rings (SSSR count). The van der Waals surface area contributed by atoms with Gasteiger partial charge in [-0.1, -0.05) is 44.2 Å². The van der Waals surface area contributed by atoms with Crippen molar-refractivity contribution in [3.63, 3.8) is 0 Å². The molecule has 0 atom stereocenters. The molecule has 0 saturated heterocycles. The number of hydrogen-bond donors (Lipinski definition) is 2. The van der Waals surface area contributed by atoms with E-state index in [4.69, 9.17) is 0 Å². The van der Waals surface area contributed by atoms with Gasteiger partial charge in [-0.25, -0.2) is 4.79 Å². The van der Waals surface area contributed by atoms with Gasteiger partial charge in [0.2, 0.25) is 0 Å². The second kappa shape index (κ2) is 6.93. The van der Waals surface area contributed by atoms with Crippen molar-refractivity contribution in [2.24, 2.45) is 0 Å². The molecule has 0 aliphatic carbocycles. The normalized spacial score (nSPS) is 10.2. The van der Waals surface area contributed by atoms with E-state index in [-0.39, 0.29) is 6.03 Å². The van der Waals surface area contributed by atoms with Gasteiger partial charge in [0.1, 0.15) is 0 Å². The van der Waals surface area contributed by atoms with E-state index in [0.717, 1.165) is 40.9 Å². The fourth-order valence-electron chi connectivity index (χ4n) is 2.40. The van der Waals surface area contributed by atoms with Crippen LogP contribution in [-0.4, -0.2) is 6.03 Å². The molecule has 0 aromatic heterocycles. The quantitative estimate of drug-likeness (QED) is 0.833. The third-order valence-corrected chi connectivity index (χ3v) is 3.51. The number of nitrogens with one attached hydrogen (secondary N) is 2. The first-order valence-corrected chi connectivity index (χ1v) is 7.39. The highest BCUT2D eigenvalue weighted by molar-refractivity contribution is 6.00. The van der Waals surface area contributed by atoms with E-state index in [1.54, 1.807) is 0 Å². The minimum Gasteiger partial charge on any atom is -0.308 e. The number of carbonyl (C=O) groups excluding carboxylic acids is 1. The second-order valence-corrected chi connectivity index (χ2v) is 5.11. The molecule has 21 heavy (non-hydrogen) atoms. The molecule has 0 saturated carbocycles. The van der Waals surface area contributed by atoms with Crippen molar-refractivity contribution in [1.29, 1.82) is 0 Å². The Morgan fingerprint density at radius 3 is 2.14 bits per heavy atom. The summed E-state index contributed by atoms with van der Waals surface area (Å²) in [6.07, 6.45) is 1.79. The maximum absolute atomic E-state index is 12.2. The molecule has 0 aliphatic heterocycles. The number of amides is 2. The Bertz CT molecular complexity index is 613. The first-order valence-electron chi connectivity index (χ1n) is 7.39. The third-order valence-electron chi connectivity index (χ3n) is 3.51. The number of aryl methyl sites for hydroxylation is 3. The Morgan fingerprint density at radius 2 is 1.57 bits per heavy atom. The molecule has 0 heterocycles. The average Bonchev–Trinajstić information content (AvgIpc) is 2.47. The molecule has 2 aromatic carbocycles. The Morgan fingerprint density at radius 1 is 0.952 bits per heavy atom. The van der Waals surface area contributed by atoms with Gasteiger partial charge < -0.3 is 10.6 Å². The summed E-state index contributed by atoms with van der Waals surface area (Å²) < 4.78 is 0. The molecule has 0 radical (unpaired) electrons. The van der Waals surface area contributed by atoms with Gasteiger partial charge in [-0.05, 0) is 48.6 Å². The van der Waals surface area contributed by atoms with Crippen LogP contribution in [0.5, 0.6) is 0 Å². The van der Waals surface area contributed by atoms with Crippen LogP contribution in [0.3, 0.4) is 0 Å². The van der Waals surface area contributed by atoms with E-state index in [2.05, 4.69) is 36.6 Å². The van der Waals surface area contributed by atoms with Crippen LogP contribution < -0.4 is 10.6 Å². The number of rotatable bonds is 4. The largest absolute Gasteiger partial charge is 0.323 e. The first kappa shape index (κ1) is 15.1. The molecule has 2 aromatic rings. The van der Waals surface area contributed by atoms with E-state index in [1.807, 2.05) is 37.3 Å². The van der Waals surface area contributed by atoms with Crippen LogP contribution in [0, 0.1) is 6.92 Å². The van der Waals surface area contributed by atoms with E-state index in [9.17, 15) is 4.79 Å². The lowest BCUT2D eigenvalue weighted by atomic mass is 10.0. The minimum absolute atomic E-state index is 0.198. The van der Waals surface area contributed by atoms with Crippen molar-refractivity contribution in [3.05, 3.63) is 59.2 Å². The van der Waals surface area contributed by atoms with Crippen LogP contribution >= 0.6 is 0 Å². The molecule has 2 N–H and O–H groups in total. The van der Waals surface area contributed by atoms with Gasteiger partial charge >= 0.3 is 6.03 Å². The molecule has 2 amide bonds. The molecule has 0 aliphatic rings. The zero-order chi connectivity index (χ0) is 15.2. The third kappa shape index (κ3) is 3.85. The SMILES string of the molecule is CCc1cccc(CC)c1NC(=O)Nc1cccc(C)c1. The molecule has 0 spiro atoms. The average molecular weight is 282 g/mol. The van der Waals surface area contributed by atoms with Gasteiger partial charge in [-0.2, -0.15) is 0 Å². The highest BCUT2D eigenvalue weighted by Crippen LogP contribution is 2.23. The topological polar surface area (TPSA) is 41.1 Å². The molecule has 110 valence electrons. The van der Waals surface area contributed by atoms with Crippen LogP contribution in [-0.2, 0) is 12.8 Å². The summed E-state index contributed by atoms with van der Waals surface area (Å²) in [6, 6.07) is 13.7. The molecule has 3 nitrogen and oxygen atoms in total. The summed E-state index contributed by atoms with van der Waals surface area (Å²) in [7, 11) is 0. The molecule has 3 heteroatoms. The van der Waals surface area contributed by atoms with Gasteiger partial charge in [0, 0.05) is 11.4 Å². The van der Waals surface area contributed by atoms with Crippen molar-refractivity contribution >= 4 is 17.4 Å².